The fourth-order valence-electron chi connectivity index (χ4n) is 1.85. The van der Waals surface area contributed by atoms with E-state index in [2.05, 4.69) is 15.9 Å². The number of alkyl halides is 1. The van der Waals surface area contributed by atoms with Crippen LogP contribution in [0.1, 0.15) is 21.4 Å². The minimum atomic E-state index is -0.290. The van der Waals surface area contributed by atoms with Gasteiger partial charge in [-0.1, -0.05) is 15.9 Å². The van der Waals surface area contributed by atoms with Crippen molar-refractivity contribution in [1.29, 1.82) is 0 Å². The Balaban J connectivity index is 2.49. The van der Waals surface area contributed by atoms with Crippen LogP contribution in [0.3, 0.4) is 0 Å². The minimum absolute atomic E-state index is 0.290. The molecule has 0 N–H and O–H groups in total. The van der Waals surface area contributed by atoms with Crippen molar-refractivity contribution in [3.05, 3.63) is 44.1 Å². The van der Waals surface area contributed by atoms with E-state index in [1.807, 2.05) is 30.5 Å². The van der Waals surface area contributed by atoms with E-state index in [0.717, 1.165) is 32.0 Å². The van der Waals surface area contributed by atoms with Gasteiger partial charge in [0.05, 0.1) is 19.1 Å². The van der Waals surface area contributed by atoms with E-state index in [0.29, 0.717) is 0 Å². The standard InChI is InChI=1S/C14H14BrClO2S/c1-8-6-12(18-3)9(7-10(8)15)13(16)14-11(17-2)4-5-19-14/h4-7,13H,1-3H3. The second-order valence-corrected chi connectivity index (χ2v) is 6.30. The summed E-state index contributed by atoms with van der Waals surface area (Å²) in [6.07, 6.45) is 0. The summed E-state index contributed by atoms with van der Waals surface area (Å²) < 4.78 is 11.8. The van der Waals surface area contributed by atoms with Gasteiger partial charge in [-0.25, -0.2) is 0 Å². The molecule has 0 spiro atoms. The normalized spacial score (nSPS) is 12.3. The van der Waals surface area contributed by atoms with Crippen molar-refractivity contribution in [1.82, 2.24) is 0 Å². The Kier molecular flexibility index (Phi) is 4.76. The molecular formula is C14H14BrClO2S. The molecule has 5 heteroatoms. The number of thiophene rings is 1. The van der Waals surface area contributed by atoms with Crippen LogP contribution in [0, 0.1) is 6.92 Å². The van der Waals surface area contributed by atoms with Crippen molar-refractivity contribution in [3.63, 3.8) is 0 Å². The van der Waals surface area contributed by atoms with Crippen LogP contribution in [-0.4, -0.2) is 14.2 Å². The van der Waals surface area contributed by atoms with E-state index in [4.69, 9.17) is 21.1 Å². The van der Waals surface area contributed by atoms with Crippen LogP contribution in [-0.2, 0) is 0 Å². The van der Waals surface area contributed by atoms with Gasteiger partial charge in [-0.15, -0.1) is 22.9 Å². The maximum absolute atomic E-state index is 6.59. The van der Waals surface area contributed by atoms with Gasteiger partial charge in [-0.2, -0.15) is 0 Å². The van der Waals surface area contributed by atoms with Crippen LogP contribution in [0.15, 0.2) is 28.1 Å². The summed E-state index contributed by atoms with van der Waals surface area (Å²) in [6, 6.07) is 5.91. The lowest BCUT2D eigenvalue weighted by molar-refractivity contribution is 0.406. The van der Waals surface area contributed by atoms with Gasteiger partial charge in [-0.3, -0.25) is 0 Å². The fraction of sp³-hybridized carbons (Fsp3) is 0.286. The lowest BCUT2D eigenvalue weighted by Crippen LogP contribution is -1.98. The van der Waals surface area contributed by atoms with Crippen molar-refractivity contribution in [2.45, 2.75) is 12.3 Å². The fourth-order valence-corrected chi connectivity index (χ4v) is 3.49. The summed E-state index contributed by atoms with van der Waals surface area (Å²) in [6.45, 7) is 2.02. The van der Waals surface area contributed by atoms with Gasteiger partial charge in [0.25, 0.3) is 0 Å². The van der Waals surface area contributed by atoms with Gasteiger partial charge in [0.2, 0.25) is 0 Å². The maximum Gasteiger partial charge on any atom is 0.134 e. The molecule has 0 aliphatic rings. The molecule has 2 aromatic rings. The molecule has 102 valence electrons. The van der Waals surface area contributed by atoms with Crippen molar-refractivity contribution in [2.75, 3.05) is 14.2 Å². The molecular weight excluding hydrogens is 348 g/mol. The van der Waals surface area contributed by atoms with Crippen LogP contribution in [0.25, 0.3) is 0 Å². The van der Waals surface area contributed by atoms with Crippen LogP contribution < -0.4 is 9.47 Å². The van der Waals surface area contributed by atoms with E-state index >= 15 is 0 Å². The van der Waals surface area contributed by atoms with E-state index < -0.39 is 0 Å². The molecule has 1 heterocycles. The molecule has 2 nitrogen and oxygen atoms in total. The average Bonchev–Trinajstić information content (AvgIpc) is 2.88. The first kappa shape index (κ1) is 14.7. The summed E-state index contributed by atoms with van der Waals surface area (Å²) in [5, 5.41) is 1.68. The SMILES string of the molecule is COc1cc(C)c(Br)cc1C(Cl)c1sccc1OC. The summed E-state index contributed by atoms with van der Waals surface area (Å²) in [5.41, 5.74) is 2.05. The van der Waals surface area contributed by atoms with E-state index in [-0.39, 0.29) is 5.38 Å². The molecule has 0 bridgehead atoms. The molecule has 0 fully saturated rings. The molecule has 2 rings (SSSR count). The predicted octanol–water partition coefficient (Wildman–Crippen LogP) is 5.16. The van der Waals surface area contributed by atoms with Gasteiger partial charge in [0.1, 0.15) is 16.9 Å². The van der Waals surface area contributed by atoms with Crippen molar-refractivity contribution in [2.24, 2.45) is 0 Å². The zero-order valence-corrected chi connectivity index (χ0v) is 14.0. The highest BCUT2D eigenvalue weighted by molar-refractivity contribution is 9.10. The van der Waals surface area contributed by atoms with Crippen molar-refractivity contribution >= 4 is 38.9 Å². The molecule has 0 radical (unpaired) electrons. The first-order valence-corrected chi connectivity index (χ1v) is 7.78. The number of aryl methyl sites for hydroxylation is 1. The molecule has 0 amide bonds. The number of hydrogen-bond acceptors (Lipinski definition) is 3. The lowest BCUT2D eigenvalue weighted by atomic mass is 10.1. The quantitative estimate of drug-likeness (QED) is 0.700. The highest BCUT2D eigenvalue weighted by Crippen LogP contribution is 2.43. The molecule has 19 heavy (non-hydrogen) atoms. The summed E-state index contributed by atoms with van der Waals surface area (Å²) in [7, 11) is 3.30. The molecule has 1 atom stereocenters. The van der Waals surface area contributed by atoms with E-state index in [9.17, 15) is 0 Å². The Labute approximate surface area is 130 Å². The summed E-state index contributed by atoms with van der Waals surface area (Å²) in [5.74, 6) is 1.60. The van der Waals surface area contributed by atoms with Crippen LogP contribution in [0.4, 0.5) is 0 Å². The molecule has 0 saturated carbocycles. The van der Waals surface area contributed by atoms with Crippen molar-refractivity contribution < 1.29 is 9.47 Å². The predicted molar refractivity (Wildman–Crippen MR) is 84.0 cm³/mol. The number of rotatable bonds is 4. The molecule has 0 saturated heterocycles. The first-order valence-electron chi connectivity index (χ1n) is 5.68. The van der Waals surface area contributed by atoms with Gasteiger partial charge in [0, 0.05) is 10.0 Å². The zero-order valence-electron chi connectivity index (χ0n) is 10.9. The molecule has 0 aliphatic heterocycles. The highest BCUT2D eigenvalue weighted by Gasteiger charge is 2.21. The zero-order chi connectivity index (χ0) is 14.0. The van der Waals surface area contributed by atoms with Crippen molar-refractivity contribution in [3.8, 4) is 11.5 Å². The Morgan fingerprint density at radius 2 is 1.89 bits per heavy atom. The molecule has 1 aromatic heterocycles. The second-order valence-electron chi connectivity index (χ2n) is 4.06. The minimum Gasteiger partial charge on any atom is -0.496 e. The topological polar surface area (TPSA) is 18.5 Å². The van der Waals surface area contributed by atoms with Crippen LogP contribution >= 0.6 is 38.9 Å². The highest BCUT2D eigenvalue weighted by atomic mass is 79.9. The third-order valence-electron chi connectivity index (χ3n) is 2.89. The molecule has 0 aliphatic carbocycles. The van der Waals surface area contributed by atoms with E-state index in [1.165, 1.54) is 0 Å². The third-order valence-corrected chi connectivity index (χ3v) is 5.29. The summed E-state index contributed by atoms with van der Waals surface area (Å²) in [4.78, 5) is 0.984. The van der Waals surface area contributed by atoms with Gasteiger partial charge >= 0.3 is 0 Å². The number of benzene rings is 1. The molecule has 1 aromatic carbocycles. The first-order chi connectivity index (χ1) is 9.08. The average molecular weight is 362 g/mol. The Morgan fingerprint density at radius 1 is 1.21 bits per heavy atom. The van der Waals surface area contributed by atoms with Gasteiger partial charge in [0.15, 0.2) is 0 Å². The van der Waals surface area contributed by atoms with Gasteiger partial charge in [-0.05, 0) is 36.1 Å². The monoisotopic (exact) mass is 360 g/mol. The number of ether oxygens (including phenoxy) is 2. The summed E-state index contributed by atoms with van der Waals surface area (Å²) >= 11 is 11.7. The largest absolute Gasteiger partial charge is 0.496 e. The number of hydrogen-bond donors (Lipinski definition) is 0. The van der Waals surface area contributed by atoms with Crippen LogP contribution in [0.2, 0.25) is 0 Å². The second kappa shape index (κ2) is 6.16. The Hall–Kier alpha value is -0.710. The molecule has 1 unspecified atom stereocenters. The number of methoxy groups -OCH3 is 2. The Bertz CT molecular complexity index is 583. The van der Waals surface area contributed by atoms with Gasteiger partial charge < -0.3 is 9.47 Å². The number of halogens is 2. The van der Waals surface area contributed by atoms with Crippen LogP contribution in [0.5, 0.6) is 11.5 Å². The smallest absolute Gasteiger partial charge is 0.134 e. The third kappa shape index (κ3) is 2.91. The Morgan fingerprint density at radius 3 is 2.53 bits per heavy atom. The maximum atomic E-state index is 6.59. The lowest BCUT2D eigenvalue weighted by Gasteiger charge is -2.16. The van der Waals surface area contributed by atoms with E-state index in [1.54, 1.807) is 25.6 Å².